The Hall–Kier alpha value is -2.04. The van der Waals surface area contributed by atoms with E-state index in [0.29, 0.717) is 23.4 Å². The fourth-order valence-corrected chi connectivity index (χ4v) is 1.71. The Morgan fingerprint density at radius 3 is 2.88 bits per heavy atom. The summed E-state index contributed by atoms with van der Waals surface area (Å²) in [5, 5.41) is 4.16. The minimum atomic E-state index is -0.366. The van der Waals surface area contributed by atoms with Gasteiger partial charge in [0, 0.05) is 17.8 Å². The number of fused-ring (bicyclic) bond motifs is 1. The Labute approximate surface area is 99.0 Å². The summed E-state index contributed by atoms with van der Waals surface area (Å²) < 4.78 is 11.8. The van der Waals surface area contributed by atoms with Crippen LogP contribution in [-0.4, -0.2) is 29.3 Å². The van der Waals surface area contributed by atoms with E-state index >= 15 is 0 Å². The van der Waals surface area contributed by atoms with Gasteiger partial charge in [0.25, 0.3) is 0 Å². The van der Waals surface area contributed by atoms with Crippen molar-refractivity contribution in [2.75, 3.05) is 13.7 Å². The van der Waals surface area contributed by atoms with Gasteiger partial charge in [0.1, 0.15) is 11.3 Å². The Balaban J connectivity index is 2.58. The van der Waals surface area contributed by atoms with E-state index in [1.165, 1.54) is 6.20 Å². The second-order valence-corrected chi connectivity index (χ2v) is 3.61. The molecule has 0 unspecified atom stereocenters. The van der Waals surface area contributed by atoms with Gasteiger partial charge in [-0.15, -0.1) is 0 Å². The summed E-state index contributed by atoms with van der Waals surface area (Å²) in [5.41, 5.74) is 2.05. The molecular weight excluding hydrogens is 220 g/mol. The molecular formula is C12H14N2O3. The monoisotopic (exact) mass is 234 g/mol. The lowest BCUT2D eigenvalue weighted by Crippen LogP contribution is -2.04. The summed E-state index contributed by atoms with van der Waals surface area (Å²) in [6, 6.07) is 3.63. The number of nitrogens with zero attached hydrogens (tertiary/aromatic N) is 2. The molecule has 0 aliphatic rings. The molecule has 0 aromatic carbocycles. The van der Waals surface area contributed by atoms with Gasteiger partial charge in [-0.2, -0.15) is 5.10 Å². The van der Waals surface area contributed by atoms with E-state index in [2.05, 4.69) is 5.10 Å². The molecule has 2 aromatic rings. The maximum absolute atomic E-state index is 11.7. The summed E-state index contributed by atoms with van der Waals surface area (Å²) in [7, 11) is 1.59. The molecule has 5 nitrogen and oxygen atoms in total. The summed E-state index contributed by atoms with van der Waals surface area (Å²) in [6.07, 6.45) is 1.51. The molecule has 2 aromatic heterocycles. The molecule has 0 radical (unpaired) electrons. The molecule has 0 amide bonds. The van der Waals surface area contributed by atoms with Crippen LogP contribution in [0.15, 0.2) is 18.3 Å². The van der Waals surface area contributed by atoms with Crippen LogP contribution in [-0.2, 0) is 4.74 Å². The zero-order chi connectivity index (χ0) is 12.4. The molecule has 0 aliphatic carbocycles. The number of carbonyl (C=O) groups is 1. The van der Waals surface area contributed by atoms with Crippen LogP contribution in [0.2, 0.25) is 0 Å². The predicted octanol–water partition coefficient (Wildman–Crippen LogP) is 1.83. The molecule has 0 bridgehead atoms. The van der Waals surface area contributed by atoms with Crippen LogP contribution in [0.25, 0.3) is 5.52 Å². The maximum atomic E-state index is 11.7. The Bertz CT molecular complexity index is 560. The SMILES string of the molecule is CCOC(=O)c1cnn2c(C)cc(OC)cc12. The number of rotatable bonds is 3. The number of aryl methyl sites for hydroxylation is 1. The molecule has 0 fully saturated rings. The van der Waals surface area contributed by atoms with Crippen molar-refractivity contribution < 1.29 is 14.3 Å². The van der Waals surface area contributed by atoms with Crippen molar-refractivity contribution in [2.45, 2.75) is 13.8 Å². The summed E-state index contributed by atoms with van der Waals surface area (Å²) >= 11 is 0. The normalized spacial score (nSPS) is 10.5. The molecule has 0 spiro atoms. The van der Waals surface area contributed by atoms with E-state index in [1.54, 1.807) is 24.6 Å². The fourth-order valence-electron chi connectivity index (χ4n) is 1.71. The van der Waals surface area contributed by atoms with Crippen LogP contribution in [0, 0.1) is 6.92 Å². The molecule has 5 heteroatoms. The zero-order valence-electron chi connectivity index (χ0n) is 10.1. The number of methoxy groups -OCH3 is 1. The number of hydrogen-bond donors (Lipinski definition) is 0. The quantitative estimate of drug-likeness (QED) is 0.760. The lowest BCUT2D eigenvalue weighted by Gasteiger charge is -2.05. The van der Waals surface area contributed by atoms with Crippen LogP contribution in [0.5, 0.6) is 5.75 Å². The summed E-state index contributed by atoms with van der Waals surface area (Å²) in [5.74, 6) is 0.330. The average molecular weight is 234 g/mol. The highest BCUT2D eigenvalue weighted by Crippen LogP contribution is 2.20. The first-order valence-electron chi connectivity index (χ1n) is 5.37. The van der Waals surface area contributed by atoms with Gasteiger partial charge in [0.15, 0.2) is 0 Å². The highest BCUT2D eigenvalue weighted by Gasteiger charge is 2.15. The van der Waals surface area contributed by atoms with E-state index in [-0.39, 0.29) is 5.97 Å². The minimum absolute atomic E-state index is 0.346. The topological polar surface area (TPSA) is 52.8 Å². The smallest absolute Gasteiger partial charge is 0.341 e. The second kappa shape index (κ2) is 4.45. The minimum Gasteiger partial charge on any atom is -0.497 e. The van der Waals surface area contributed by atoms with Crippen molar-refractivity contribution in [1.29, 1.82) is 0 Å². The predicted molar refractivity (Wildman–Crippen MR) is 62.4 cm³/mol. The molecule has 0 saturated carbocycles. The molecule has 0 saturated heterocycles. The molecule has 0 atom stereocenters. The molecule has 0 aliphatic heterocycles. The summed E-state index contributed by atoms with van der Waals surface area (Å²) in [4.78, 5) is 11.7. The van der Waals surface area contributed by atoms with Gasteiger partial charge in [-0.1, -0.05) is 0 Å². The number of hydrogen-bond acceptors (Lipinski definition) is 4. The largest absolute Gasteiger partial charge is 0.497 e. The molecule has 2 rings (SSSR count). The van der Waals surface area contributed by atoms with Crippen molar-refractivity contribution >= 4 is 11.5 Å². The second-order valence-electron chi connectivity index (χ2n) is 3.61. The van der Waals surface area contributed by atoms with Gasteiger partial charge in [0.05, 0.1) is 25.4 Å². The third-order valence-corrected chi connectivity index (χ3v) is 2.50. The van der Waals surface area contributed by atoms with E-state index < -0.39 is 0 Å². The van der Waals surface area contributed by atoms with Crippen molar-refractivity contribution in [3.8, 4) is 5.75 Å². The summed E-state index contributed by atoms with van der Waals surface area (Å²) in [6.45, 7) is 4.02. The average Bonchev–Trinajstić information content (AvgIpc) is 2.73. The fraction of sp³-hybridized carbons (Fsp3) is 0.333. The van der Waals surface area contributed by atoms with Gasteiger partial charge in [-0.3, -0.25) is 0 Å². The van der Waals surface area contributed by atoms with Gasteiger partial charge >= 0.3 is 5.97 Å². The van der Waals surface area contributed by atoms with Crippen LogP contribution < -0.4 is 4.74 Å². The number of aromatic nitrogens is 2. The highest BCUT2D eigenvalue weighted by atomic mass is 16.5. The van der Waals surface area contributed by atoms with Gasteiger partial charge in [-0.05, 0) is 13.8 Å². The number of ether oxygens (including phenoxy) is 2. The molecule has 0 N–H and O–H groups in total. The van der Waals surface area contributed by atoms with E-state index in [0.717, 1.165) is 5.69 Å². The first-order valence-corrected chi connectivity index (χ1v) is 5.37. The standard InChI is InChI=1S/C12H14N2O3/c1-4-17-12(15)10-7-13-14-8(2)5-9(16-3)6-11(10)14/h5-7H,4H2,1-3H3. The van der Waals surface area contributed by atoms with Gasteiger partial charge in [0.2, 0.25) is 0 Å². The molecule has 2 heterocycles. The van der Waals surface area contributed by atoms with Crippen LogP contribution in [0.4, 0.5) is 0 Å². The van der Waals surface area contributed by atoms with Crippen molar-refractivity contribution in [1.82, 2.24) is 9.61 Å². The van der Waals surface area contributed by atoms with Crippen molar-refractivity contribution in [3.05, 3.63) is 29.6 Å². The molecule has 90 valence electrons. The Morgan fingerprint density at radius 2 is 2.24 bits per heavy atom. The van der Waals surface area contributed by atoms with Gasteiger partial charge in [-0.25, -0.2) is 9.31 Å². The Morgan fingerprint density at radius 1 is 1.47 bits per heavy atom. The number of esters is 1. The third kappa shape index (κ3) is 1.95. The van der Waals surface area contributed by atoms with E-state index in [9.17, 15) is 4.79 Å². The number of pyridine rings is 1. The Kier molecular flexibility index (Phi) is 2.99. The van der Waals surface area contributed by atoms with Crippen LogP contribution in [0.1, 0.15) is 23.0 Å². The van der Waals surface area contributed by atoms with Crippen molar-refractivity contribution in [2.24, 2.45) is 0 Å². The van der Waals surface area contributed by atoms with E-state index in [1.807, 2.05) is 13.0 Å². The maximum Gasteiger partial charge on any atom is 0.341 e. The third-order valence-electron chi connectivity index (χ3n) is 2.50. The van der Waals surface area contributed by atoms with E-state index in [4.69, 9.17) is 9.47 Å². The zero-order valence-corrected chi connectivity index (χ0v) is 10.1. The highest BCUT2D eigenvalue weighted by molar-refractivity contribution is 5.97. The van der Waals surface area contributed by atoms with Crippen LogP contribution >= 0.6 is 0 Å². The van der Waals surface area contributed by atoms with Gasteiger partial charge < -0.3 is 9.47 Å². The first-order chi connectivity index (χ1) is 8.17. The number of carbonyl (C=O) groups excluding carboxylic acids is 1. The lowest BCUT2D eigenvalue weighted by molar-refractivity contribution is 0.0528. The first kappa shape index (κ1) is 11.4. The lowest BCUT2D eigenvalue weighted by atomic mass is 10.2. The van der Waals surface area contributed by atoms with Crippen molar-refractivity contribution in [3.63, 3.8) is 0 Å². The molecule has 17 heavy (non-hydrogen) atoms. The van der Waals surface area contributed by atoms with Crippen LogP contribution in [0.3, 0.4) is 0 Å².